The Morgan fingerprint density at radius 2 is 1.67 bits per heavy atom. The Balaban J connectivity index is 2.26. The number of hydrogen-bond donors (Lipinski definition) is 0. The van der Waals surface area contributed by atoms with Crippen LogP contribution in [0.3, 0.4) is 0 Å². The van der Waals surface area contributed by atoms with Gasteiger partial charge in [-0.05, 0) is 48.7 Å². The molecule has 3 heteroatoms. The lowest BCUT2D eigenvalue weighted by atomic mass is 10.1. The number of para-hydroxylation sites is 1. The van der Waals surface area contributed by atoms with Crippen LogP contribution in [-0.2, 0) is 0 Å². The molecule has 0 unspecified atom stereocenters. The summed E-state index contributed by atoms with van der Waals surface area (Å²) in [5.74, 6) is 0.563. The Kier molecular flexibility index (Phi) is 5.40. The van der Waals surface area contributed by atoms with Crippen LogP contribution in [0.4, 0.5) is 5.69 Å². The van der Waals surface area contributed by atoms with Crippen LogP contribution in [0.1, 0.15) is 30.6 Å². The van der Waals surface area contributed by atoms with E-state index >= 15 is 0 Å². The quantitative estimate of drug-likeness (QED) is 0.758. The zero-order chi connectivity index (χ0) is 15.2. The molecule has 2 rings (SSSR count). The van der Waals surface area contributed by atoms with Crippen LogP contribution in [0.15, 0.2) is 54.6 Å². The van der Waals surface area contributed by atoms with Gasteiger partial charge < -0.3 is 4.90 Å². The van der Waals surface area contributed by atoms with Gasteiger partial charge in [0.2, 0.25) is 0 Å². The third-order valence-corrected chi connectivity index (χ3v) is 3.59. The lowest BCUT2D eigenvalue weighted by Gasteiger charge is -2.24. The number of benzene rings is 2. The Morgan fingerprint density at radius 3 is 2.24 bits per heavy atom. The van der Waals surface area contributed by atoms with Gasteiger partial charge in [-0.3, -0.25) is 4.79 Å². The summed E-state index contributed by atoms with van der Waals surface area (Å²) in [6, 6.07) is 16.8. The first-order chi connectivity index (χ1) is 10.1. The minimum Gasteiger partial charge on any atom is -0.308 e. The molecule has 2 nitrogen and oxygen atoms in total. The van der Waals surface area contributed by atoms with Gasteiger partial charge in [-0.25, -0.2) is 0 Å². The van der Waals surface area contributed by atoms with Crippen LogP contribution in [0.25, 0.3) is 0 Å². The first kappa shape index (κ1) is 15.6. The minimum absolute atomic E-state index is 0.0125. The van der Waals surface area contributed by atoms with Crippen molar-refractivity contribution in [1.29, 1.82) is 0 Å². The molecule has 0 N–H and O–H groups in total. The second-order valence-corrected chi connectivity index (χ2v) is 5.92. The fourth-order valence-electron chi connectivity index (χ4n) is 2.09. The van der Waals surface area contributed by atoms with Gasteiger partial charge in [-0.1, -0.05) is 43.6 Å². The highest BCUT2D eigenvalue weighted by Gasteiger charge is 2.17. The summed E-state index contributed by atoms with van der Waals surface area (Å²) in [6.45, 7) is 5.04. The van der Waals surface area contributed by atoms with Gasteiger partial charge >= 0.3 is 0 Å². The van der Waals surface area contributed by atoms with E-state index in [1.165, 1.54) is 0 Å². The average Bonchev–Trinajstić information content (AvgIpc) is 2.49. The van der Waals surface area contributed by atoms with Gasteiger partial charge in [0, 0.05) is 22.8 Å². The zero-order valence-corrected chi connectivity index (χ0v) is 13.2. The molecule has 0 radical (unpaired) electrons. The maximum Gasteiger partial charge on any atom is 0.258 e. The molecular weight excluding hydrogens is 282 g/mol. The van der Waals surface area contributed by atoms with Crippen molar-refractivity contribution in [1.82, 2.24) is 0 Å². The SMILES string of the molecule is CC(C)CCN(C(=O)c1ccc(Cl)cc1)c1ccccc1. The Morgan fingerprint density at radius 1 is 1.05 bits per heavy atom. The second-order valence-electron chi connectivity index (χ2n) is 5.48. The van der Waals surface area contributed by atoms with E-state index in [-0.39, 0.29) is 5.91 Å². The topological polar surface area (TPSA) is 20.3 Å². The van der Waals surface area contributed by atoms with E-state index in [0.29, 0.717) is 23.0 Å². The summed E-state index contributed by atoms with van der Waals surface area (Å²) in [7, 11) is 0. The molecule has 2 aromatic carbocycles. The van der Waals surface area contributed by atoms with Crippen LogP contribution in [-0.4, -0.2) is 12.5 Å². The summed E-state index contributed by atoms with van der Waals surface area (Å²) in [5.41, 5.74) is 1.59. The standard InChI is InChI=1S/C18H20ClNO/c1-14(2)12-13-20(17-6-4-3-5-7-17)18(21)15-8-10-16(19)11-9-15/h3-11,14H,12-13H2,1-2H3. The van der Waals surface area contributed by atoms with Gasteiger partial charge in [0.25, 0.3) is 5.91 Å². The van der Waals surface area contributed by atoms with Gasteiger partial charge in [0.05, 0.1) is 0 Å². The van der Waals surface area contributed by atoms with Crippen molar-refractivity contribution >= 4 is 23.2 Å². The normalized spacial score (nSPS) is 10.7. The van der Waals surface area contributed by atoms with Gasteiger partial charge in [0.1, 0.15) is 0 Å². The Hall–Kier alpha value is -1.80. The molecule has 2 aromatic rings. The Labute approximate surface area is 131 Å². The summed E-state index contributed by atoms with van der Waals surface area (Å²) in [4.78, 5) is 14.6. The van der Waals surface area contributed by atoms with E-state index in [9.17, 15) is 4.79 Å². The number of anilines is 1. The van der Waals surface area contributed by atoms with E-state index in [1.54, 1.807) is 24.3 Å². The fourth-order valence-corrected chi connectivity index (χ4v) is 2.22. The van der Waals surface area contributed by atoms with Crippen molar-refractivity contribution in [2.45, 2.75) is 20.3 Å². The van der Waals surface area contributed by atoms with E-state index < -0.39 is 0 Å². The molecule has 0 saturated heterocycles. The molecule has 0 bridgehead atoms. The van der Waals surface area contributed by atoms with Crippen molar-refractivity contribution in [2.24, 2.45) is 5.92 Å². The lowest BCUT2D eigenvalue weighted by molar-refractivity contribution is 0.0986. The zero-order valence-electron chi connectivity index (χ0n) is 12.4. The third kappa shape index (κ3) is 4.33. The molecule has 0 atom stereocenters. The van der Waals surface area contributed by atoms with E-state index in [1.807, 2.05) is 35.2 Å². The number of hydrogen-bond acceptors (Lipinski definition) is 1. The maximum atomic E-state index is 12.8. The molecule has 0 heterocycles. The molecule has 21 heavy (non-hydrogen) atoms. The molecule has 0 saturated carbocycles. The minimum atomic E-state index is 0.0125. The predicted octanol–water partition coefficient (Wildman–Crippen LogP) is 5.03. The van der Waals surface area contributed by atoms with Crippen molar-refractivity contribution in [3.8, 4) is 0 Å². The number of carbonyl (C=O) groups is 1. The van der Waals surface area contributed by atoms with Gasteiger partial charge in [-0.2, -0.15) is 0 Å². The van der Waals surface area contributed by atoms with Crippen molar-refractivity contribution in [3.63, 3.8) is 0 Å². The molecule has 0 aromatic heterocycles. The predicted molar refractivity (Wildman–Crippen MR) is 89.0 cm³/mol. The van der Waals surface area contributed by atoms with Crippen LogP contribution in [0, 0.1) is 5.92 Å². The number of nitrogens with zero attached hydrogens (tertiary/aromatic N) is 1. The lowest BCUT2D eigenvalue weighted by Crippen LogP contribution is -2.32. The largest absolute Gasteiger partial charge is 0.308 e. The number of rotatable bonds is 5. The summed E-state index contributed by atoms with van der Waals surface area (Å²) in [5, 5.41) is 0.639. The smallest absolute Gasteiger partial charge is 0.258 e. The van der Waals surface area contributed by atoms with Crippen molar-refractivity contribution in [3.05, 3.63) is 65.2 Å². The summed E-state index contributed by atoms with van der Waals surface area (Å²) < 4.78 is 0. The highest BCUT2D eigenvalue weighted by Crippen LogP contribution is 2.19. The van der Waals surface area contributed by atoms with E-state index in [2.05, 4.69) is 13.8 Å². The van der Waals surface area contributed by atoms with Crippen LogP contribution in [0.2, 0.25) is 5.02 Å². The maximum absolute atomic E-state index is 12.8. The highest BCUT2D eigenvalue weighted by atomic mass is 35.5. The second kappa shape index (κ2) is 7.28. The van der Waals surface area contributed by atoms with E-state index in [0.717, 1.165) is 12.1 Å². The number of amides is 1. The molecule has 0 aliphatic rings. The van der Waals surface area contributed by atoms with Gasteiger partial charge in [0.15, 0.2) is 0 Å². The van der Waals surface area contributed by atoms with Crippen molar-refractivity contribution < 1.29 is 4.79 Å². The monoisotopic (exact) mass is 301 g/mol. The average molecular weight is 302 g/mol. The van der Waals surface area contributed by atoms with Gasteiger partial charge in [-0.15, -0.1) is 0 Å². The summed E-state index contributed by atoms with van der Waals surface area (Å²) >= 11 is 5.89. The van der Waals surface area contributed by atoms with Crippen LogP contribution in [0.5, 0.6) is 0 Å². The molecule has 0 fully saturated rings. The number of carbonyl (C=O) groups excluding carboxylic acids is 1. The Bertz CT molecular complexity index is 578. The molecule has 1 amide bonds. The highest BCUT2D eigenvalue weighted by molar-refractivity contribution is 6.30. The van der Waals surface area contributed by atoms with Crippen LogP contribution < -0.4 is 4.90 Å². The molecular formula is C18H20ClNO. The third-order valence-electron chi connectivity index (χ3n) is 3.33. The first-order valence-electron chi connectivity index (χ1n) is 7.20. The number of halogens is 1. The van der Waals surface area contributed by atoms with Crippen molar-refractivity contribution in [2.75, 3.05) is 11.4 Å². The molecule has 0 aliphatic heterocycles. The first-order valence-corrected chi connectivity index (χ1v) is 7.58. The van der Waals surface area contributed by atoms with Crippen LogP contribution >= 0.6 is 11.6 Å². The molecule has 0 aliphatic carbocycles. The summed E-state index contributed by atoms with van der Waals surface area (Å²) in [6.07, 6.45) is 0.966. The molecule has 0 spiro atoms. The molecule has 110 valence electrons. The fraction of sp³-hybridized carbons (Fsp3) is 0.278. The van der Waals surface area contributed by atoms with E-state index in [4.69, 9.17) is 11.6 Å².